The molecule has 1 N–H and O–H groups in total. The summed E-state index contributed by atoms with van der Waals surface area (Å²) < 4.78 is 5.50. The van der Waals surface area contributed by atoms with E-state index in [0.717, 1.165) is 11.8 Å². The van der Waals surface area contributed by atoms with Crippen LogP contribution in [-0.4, -0.2) is 18.1 Å². The normalized spacial score (nSPS) is 11.8. The number of hydrogen-bond acceptors (Lipinski definition) is 3. The first-order chi connectivity index (χ1) is 9.31. The second-order valence-corrected chi connectivity index (χ2v) is 4.11. The molecule has 2 aromatic rings. The Hall–Kier alpha value is -2.26. The third-order valence-corrected chi connectivity index (χ3v) is 2.74. The van der Waals surface area contributed by atoms with E-state index in [1.165, 1.54) is 0 Å². The number of ketones is 1. The third kappa shape index (κ3) is 3.60. The quantitative estimate of drug-likeness (QED) is 0.635. The van der Waals surface area contributed by atoms with Crippen LogP contribution in [0, 0.1) is 5.41 Å². The van der Waals surface area contributed by atoms with Crippen LogP contribution in [0.2, 0.25) is 0 Å². The molecule has 2 rings (SSSR count). The number of carbonyl (C=O) groups excluding carboxylic acids is 1. The van der Waals surface area contributed by atoms with Gasteiger partial charge in [0.1, 0.15) is 0 Å². The van der Waals surface area contributed by atoms with E-state index in [2.05, 4.69) is 0 Å². The summed E-state index contributed by atoms with van der Waals surface area (Å²) in [4.78, 5) is 12.1. The molecule has 0 saturated carbocycles. The maximum absolute atomic E-state index is 12.1. The minimum Gasteiger partial charge on any atom is -0.360 e. The zero-order chi connectivity index (χ0) is 13.5. The average Bonchev–Trinajstić information content (AvgIpc) is 2.49. The van der Waals surface area contributed by atoms with Crippen LogP contribution in [0.5, 0.6) is 0 Å². The SMILES string of the molecule is N=CC(OCc1ccccc1)C(=O)c1ccccc1. The molecule has 0 aliphatic heterocycles. The van der Waals surface area contributed by atoms with Crippen molar-refractivity contribution in [1.29, 1.82) is 5.41 Å². The van der Waals surface area contributed by atoms with Crippen molar-refractivity contribution in [1.82, 2.24) is 0 Å². The fourth-order valence-corrected chi connectivity index (χ4v) is 1.73. The van der Waals surface area contributed by atoms with Crippen LogP contribution in [0.3, 0.4) is 0 Å². The zero-order valence-corrected chi connectivity index (χ0v) is 10.5. The fourth-order valence-electron chi connectivity index (χ4n) is 1.73. The highest BCUT2D eigenvalue weighted by atomic mass is 16.5. The van der Waals surface area contributed by atoms with Crippen molar-refractivity contribution in [2.24, 2.45) is 0 Å². The Balaban J connectivity index is 2.01. The van der Waals surface area contributed by atoms with Gasteiger partial charge in [0.2, 0.25) is 0 Å². The summed E-state index contributed by atoms with van der Waals surface area (Å²) in [5.41, 5.74) is 1.54. The van der Waals surface area contributed by atoms with Gasteiger partial charge in [0.05, 0.1) is 6.61 Å². The standard InChI is InChI=1S/C16H15NO2/c17-11-15(16(18)14-9-5-2-6-10-14)19-12-13-7-3-1-4-8-13/h1-11,15,17H,12H2. The molecule has 0 bridgehead atoms. The summed E-state index contributed by atoms with van der Waals surface area (Å²) >= 11 is 0. The lowest BCUT2D eigenvalue weighted by molar-refractivity contribution is 0.0583. The average molecular weight is 253 g/mol. The first-order valence-corrected chi connectivity index (χ1v) is 6.06. The second kappa shape index (κ2) is 6.61. The van der Waals surface area contributed by atoms with Crippen molar-refractivity contribution in [3.05, 3.63) is 71.8 Å². The highest BCUT2D eigenvalue weighted by Gasteiger charge is 2.18. The summed E-state index contributed by atoms with van der Waals surface area (Å²) in [6.45, 7) is 0.319. The Morgan fingerprint density at radius 1 is 1.05 bits per heavy atom. The van der Waals surface area contributed by atoms with Crippen LogP contribution in [0.25, 0.3) is 0 Å². The van der Waals surface area contributed by atoms with Gasteiger partial charge in [-0.3, -0.25) is 4.79 Å². The van der Waals surface area contributed by atoms with E-state index in [1.807, 2.05) is 36.4 Å². The summed E-state index contributed by atoms with van der Waals surface area (Å²) in [5, 5.41) is 7.33. The van der Waals surface area contributed by atoms with Gasteiger partial charge >= 0.3 is 0 Å². The molecular formula is C16H15NO2. The van der Waals surface area contributed by atoms with Gasteiger partial charge in [-0.25, -0.2) is 0 Å². The predicted octanol–water partition coefficient (Wildman–Crippen LogP) is 3.10. The van der Waals surface area contributed by atoms with Gasteiger partial charge in [-0.15, -0.1) is 0 Å². The molecule has 0 radical (unpaired) electrons. The number of hydrogen-bond donors (Lipinski definition) is 1. The van der Waals surface area contributed by atoms with Gasteiger partial charge in [-0.2, -0.15) is 0 Å². The van der Waals surface area contributed by atoms with Gasteiger partial charge < -0.3 is 10.1 Å². The van der Waals surface area contributed by atoms with E-state index >= 15 is 0 Å². The molecule has 1 unspecified atom stereocenters. The van der Waals surface area contributed by atoms with Crippen molar-refractivity contribution in [2.75, 3.05) is 0 Å². The fraction of sp³-hybridized carbons (Fsp3) is 0.125. The third-order valence-electron chi connectivity index (χ3n) is 2.74. The molecule has 19 heavy (non-hydrogen) atoms. The number of ether oxygens (including phenoxy) is 1. The van der Waals surface area contributed by atoms with Crippen LogP contribution in [-0.2, 0) is 11.3 Å². The Kier molecular flexibility index (Phi) is 4.59. The first-order valence-electron chi connectivity index (χ1n) is 6.06. The smallest absolute Gasteiger partial charge is 0.197 e. The number of Topliss-reactive ketones (excluding diaryl/α,β-unsaturated/α-hetero) is 1. The zero-order valence-electron chi connectivity index (χ0n) is 10.5. The van der Waals surface area contributed by atoms with E-state index < -0.39 is 6.10 Å². The lowest BCUT2D eigenvalue weighted by atomic mass is 10.1. The van der Waals surface area contributed by atoms with Crippen LogP contribution in [0.15, 0.2) is 60.7 Å². The Bertz CT molecular complexity index is 537. The molecular weight excluding hydrogens is 238 g/mol. The largest absolute Gasteiger partial charge is 0.360 e. The number of carbonyl (C=O) groups is 1. The van der Waals surface area contributed by atoms with Crippen molar-refractivity contribution < 1.29 is 9.53 Å². The van der Waals surface area contributed by atoms with Crippen LogP contribution >= 0.6 is 0 Å². The van der Waals surface area contributed by atoms with Crippen LogP contribution in [0.1, 0.15) is 15.9 Å². The molecule has 0 heterocycles. The minimum absolute atomic E-state index is 0.188. The van der Waals surface area contributed by atoms with Gasteiger partial charge in [0, 0.05) is 11.8 Å². The number of rotatable bonds is 6. The molecule has 2 aromatic carbocycles. The highest BCUT2D eigenvalue weighted by molar-refractivity contribution is 6.08. The van der Waals surface area contributed by atoms with Crippen molar-refractivity contribution in [2.45, 2.75) is 12.7 Å². The Morgan fingerprint density at radius 2 is 1.63 bits per heavy atom. The monoisotopic (exact) mass is 253 g/mol. The van der Waals surface area contributed by atoms with Crippen molar-refractivity contribution in [3.63, 3.8) is 0 Å². The Labute approximate surface area is 112 Å². The van der Waals surface area contributed by atoms with Crippen LogP contribution in [0.4, 0.5) is 0 Å². The molecule has 0 fully saturated rings. The van der Waals surface area contributed by atoms with E-state index in [9.17, 15) is 4.79 Å². The van der Waals surface area contributed by atoms with E-state index in [-0.39, 0.29) is 5.78 Å². The summed E-state index contributed by atoms with van der Waals surface area (Å²) in [5.74, 6) is -0.188. The predicted molar refractivity (Wildman–Crippen MR) is 74.6 cm³/mol. The first kappa shape index (κ1) is 13.2. The maximum atomic E-state index is 12.1. The number of benzene rings is 2. The lowest BCUT2D eigenvalue weighted by Crippen LogP contribution is -2.25. The molecule has 1 atom stereocenters. The van der Waals surface area contributed by atoms with Crippen LogP contribution < -0.4 is 0 Å². The second-order valence-electron chi connectivity index (χ2n) is 4.11. The summed E-state index contributed by atoms with van der Waals surface area (Å²) in [6, 6.07) is 18.5. The Morgan fingerprint density at radius 3 is 2.21 bits per heavy atom. The number of nitrogens with one attached hydrogen (secondary N) is 1. The summed E-state index contributed by atoms with van der Waals surface area (Å²) in [7, 11) is 0. The van der Waals surface area contributed by atoms with E-state index in [0.29, 0.717) is 12.2 Å². The van der Waals surface area contributed by atoms with Crippen molar-refractivity contribution >= 4 is 12.0 Å². The topological polar surface area (TPSA) is 50.1 Å². The summed E-state index contributed by atoms with van der Waals surface area (Å²) in [6.07, 6.45) is 0.209. The molecule has 3 nitrogen and oxygen atoms in total. The molecule has 0 saturated heterocycles. The molecule has 0 aromatic heterocycles. The minimum atomic E-state index is -0.831. The molecule has 0 aliphatic carbocycles. The van der Waals surface area contributed by atoms with Gasteiger partial charge in [-0.1, -0.05) is 60.7 Å². The molecule has 96 valence electrons. The molecule has 0 aliphatic rings. The molecule has 3 heteroatoms. The lowest BCUT2D eigenvalue weighted by Gasteiger charge is -2.12. The molecule has 0 spiro atoms. The van der Waals surface area contributed by atoms with Gasteiger partial charge in [0.15, 0.2) is 11.9 Å². The van der Waals surface area contributed by atoms with Crippen molar-refractivity contribution in [3.8, 4) is 0 Å². The van der Waals surface area contributed by atoms with Gasteiger partial charge in [-0.05, 0) is 5.56 Å². The highest BCUT2D eigenvalue weighted by Crippen LogP contribution is 2.08. The van der Waals surface area contributed by atoms with E-state index in [4.69, 9.17) is 10.1 Å². The van der Waals surface area contributed by atoms with E-state index in [1.54, 1.807) is 24.3 Å². The van der Waals surface area contributed by atoms with Gasteiger partial charge in [0.25, 0.3) is 0 Å². The maximum Gasteiger partial charge on any atom is 0.197 e. The molecule has 0 amide bonds.